The molecule has 0 fully saturated rings. The predicted molar refractivity (Wildman–Crippen MR) is 79.2 cm³/mol. The Morgan fingerprint density at radius 3 is 2.50 bits per heavy atom. The molecule has 0 nitrogen and oxygen atoms in total. The Labute approximate surface area is 110 Å². The standard InChI is InChI=1S/C15H27Br/c1-3-12-15(2)13-10-8-6-4-5-7-9-11-14-16/h6,8,10,13,15H,3-5,7,9,11-12,14H2,1-2H3. The van der Waals surface area contributed by atoms with Crippen LogP contribution in [-0.4, -0.2) is 5.33 Å². The van der Waals surface area contributed by atoms with Gasteiger partial charge in [-0.05, 0) is 31.6 Å². The first-order valence-electron chi connectivity index (χ1n) is 6.70. The summed E-state index contributed by atoms with van der Waals surface area (Å²) < 4.78 is 0. The van der Waals surface area contributed by atoms with Gasteiger partial charge >= 0.3 is 0 Å². The fraction of sp³-hybridized carbons (Fsp3) is 0.733. The lowest BCUT2D eigenvalue weighted by molar-refractivity contribution is 0.634. The average Bonchev–Trinajstić information content (AvgIpc) is 2.27. The van der Waals surface area contributed by atoms with E-state index >= 15 is 0 Å². The van der Waals surface area contributed by atoms with Crippen LogP contribution in [0.25, 0.3) is 0 Å². The zero-order valence-electron chi connectivity index (χ0n) is 10.9. The van der Waals surface area contributed by atoms with Gasteiger partial charge < -0.3 is 0 Å². The normalized spacial score (nSPS) is 13.9. The van der Waals surface area contributed by atoms with Crippen LogP contribution in [0.15, 0.2) is 24.3 Å². The summed E-state index contributed by atoms with van der Waals surface area (Å²) in [5.74, 6) is 0.730. The molecule has 0 spiro atoms. The molecule has 1 unspecified atom stereocenters. The lowest BCUT2D eigenvalue weighted by Gasteiger charge is -2.00. The molecule has 0 heterocycles. The van der Waals surface area contributed by atoms with Crippen molar-refractivity contribution >= 4 is 15.9 Å². The minimum atomic E-state index is 0.730. The molecule has 0 bridgehead atoms. The average molecular weight is 287 g/mol. The number of unbranched alkanes of at least 4 members (excludes halogenated alkanes) is 4. The van der Waals surface area contributed by atoms with Crippen molar-refractivity contribution in [3.05, 3.63) is 24.3 Å². The largest absolute Gasteiger partial charge is 0.0928 e. The fourth-order valence-corrected chi connectivity index (χ4v) is 2.09. The van der Waals surface area contributed by atoms with Crippen LogP contribution >= 0.6 is 15.9 Å². The lowest BCUT2D eigenvalue weighted by Crippen LogP contribution is -1.86. The van der Waals surface area contributed by atoms with E-state index in [-0.39, 0.29) is 0 Å². The zero-order chi connectivity index (χ0) is 12.1. The minimum Gasteiger partial charge on any atom is -0.0928 e. The molecular formula is C15H27Br. The van der Waals surface area contributed by atoms with E-state index in [4.69, 9.17) is 0 Å². The molecule has 0 aromatic heterocycles. The van der Waals surface area contributed by atoms with Crippen molar-refractivity contribution in [1.29, 1.82) is 0 Å². The fourth-order valence-electron chi connectivity index (χ4n) is 1.69. The third-order valence-electron chi connectivity index (χ3n) is 2.69. The third-order valence-corrected chi connectivity index (χ3v) is 3.25. The molecule has 0 radical (unpaired) electrons. The van der Waals surface area contributed by atoms with Gasteiger partial charge in [0.25, 0.3) is 0 Å². The number of hydrogen-bond donors (Lipinski definition) is 0. The van der Waals surface area contributed by atoms with Crippen LogP contribution in [0.3, 0.4) is 0 Å². The molecule has 0 saturated heterocycles. The maximum Gasteiger partial charge on any atom is 0.00313 e. The zero-order valence-corrected chi connectivity index (χ0v) is 12.5. The van der Waals surface area contributed by atoms with Crippen molar-refractivity contribution in [1.82, 2.24) is 0 Å². The highest BCUT2D eigenvalue weighted by molar-refractivity contribution is 9.09. The van der Waals surface area contributed by atoms with E-state index in [0.717, 1.165) is 11.2 Å². The first-order chi connectivity index (χ1) is 7.81. The number of halogens is 1. The molecule has 0 amide bonds. The summed E-state index contributed by atoms with van der Waals surface area (Å²) in [6.07, 6.45) is 18.2. The maximum atomic E-state index is 3.46. The van der Waals surface area contributed by atoms with E-state index in [1.807, 2.05) is 0 Å². The van der Waals surface area contributed by atoms with Crippen LogP contribution in [0.2, 0.25) is 0 Å². The SMILES string of the molecule is CCCC(C)C=CC=CCCCCCCBr. The Balaban J connectivity index is 3.33. The van der Waals surface area contributed by atoms with Gasteiger partial charge in [0.05, 0.1) is 0 Å². The number of alkyl halides is 1. The van der Waals surface area contributed by atoms with Gasteiger partial charge in [0, 0.05) is 5.33 Å². The van der Waals surface area contributed by atoms with E-state index < -0.39 is 0 Å². The van der Waals surface area contributed by atoms with Crippen LogP contribution in [0.4, 0.5) is 0 Å². The van der Waals surface area contributed by atoms with Gasteiger partial charge in [-0.25, -0.2) is 0 Å². The summed E-state index contributed by atoms with van der Waals surface area (Å²) >= 11 is 3.46. The summed E-state index contributed by atoms with van der Waals surface area (Å²) in [6.45, 7) is 4.53. The second-order valence-corrected chi connectivity index (χ2v) is 5.26. The molecule has 0 aromatic carbocycles. The van der Waals surface area contributed by atoms with Gasteiger partial charge in [-0.15, -0.1) is 0 Å². The van der Waals surface area contributed by atoms with Crippen molar-refractivity contribution in [2.75, 3.05) is 5.33 Å². The predicted octanol–water partition coefficient (Wildman–Crippen LogP) is 5.88. The molecule has 0 aromatic rings. The van der Waals surface area contributed by atoms with Crippen LogP contribution in [0.1, 0.15) is 58.8 Å². The summed E-state index contributed by atoms with van der Waals surface area (Å²) in [6, 6.07) is 0. The van der Waals surface area contributed by atoms with Gasteiger partial charge in [0.1, 0.15) is 0 Å². The van der Waals surface area contributed by atoms with Crippen molar-refractivity contribution in [3.8, 4) is 0 Å². The number of allylic oxidation sites excluding steroid dienone is 4. The van der Waals surface area contributed by atoms with Gasteiger partial charge in [-0.1, -0.05) is 73.3 Å². The first kappa shape index (κ1) is 16.0. The van der Waals surface area contributed by atoms with Crippen molar-refractivity contribution in [2.45, 2.75) is 58.8 Å². The van der Waals surface area contributed by atoms with E-state index in [0.29, 0.717) is 0 Å². The second-order valence-electron chi connectivity index (χ2n) is 4.47. The molecule has 1 atom stereocenters. The van der Waals surface area contributed by atoms with Gasteiger partial charge in [0.15, 0.2) is 0 Å². The van der Waals surface area contributed by atoms with Crippen molar-refractivity contribution < 1.29 is 0 Å². The molecule has 16 heavy (non-hydrogen) atoms. The monoisotopic (exact) mass is 286 g/mol. The van der Waals surface area contributed by atoms with E-state index in [9.17, 15) is 0 Å². The summed E-state index contributed by atoms with van der Waals surface area (Å²) in [5, 5.41) is 1.15. The highest BCUT2D eigenvalue weighted by Crippen LogP contribution is 2.07. The van der Waals surface area contributed by atoms with Crippen LogP contribution < -0.4 is 0 Å². The summed E-state index contributed by atoms with van der Waals surface area (Å²) in [5.41, 5.74) is 0. The Morgan fingerprint density at radius 2 is 1.81 bits per heavy atom. The molecule has 0 rings (SSSR count). The van der Waals surface area contributed by atoms with E-state index in [1.54, 1.807) is 0 Å². The molecule has 0 aliphatic carbocycles. The quantitative estimate of drug-likeness (QED) is 0.267. The molecule has 0 N–H and O–H groups in total. The smallest absolute Gasteiger partial charge is 0.00313 e. The maximum absolute atomic E-state index is 3.46. The first-order valence-corrected chi connectivity index (χ1v) is 7.82. The Hall–Kier alpha value is -0.0400. The van der Waals surface area contributed by atoms with Crippen molar-refractivity contribution in [3.63, 3.8) is 0 Å². The number of rotatable bonds is 10. The molecule has 0 aliphatic rings. The van der Waals surface area contributed by atoms with Crippen molar-refractivity contribution in [2.24, 2.45) is 5.92 Å². The summed E-state index contributed by atoms with van der Waals surface area (Å²) in [7, 11) is 0. The highest BCUT2D eigenvalue weighted by Gasteiger charge is 1.91. The van der Waals surface area contributed by atoms with Crippen LogP contribution in [-0.2, 0) is 0 Å². The van der Waals surface area contributed by atoms with Crippen LogP contribution in [0.5, 0.6) is 0 Å². The third kappa shape index (κ3) is 12.0. The minimum absolute atomic E-state index is 0.730. The summed E-state index contributed by atoms with van der Waals surface area (Å²) in [4.78, 5) is 0. The molecular weight excluding hydrogens is 260 g/mol. The topological polar surface area (TPSA) is 0 Å². The Kier molecular flexibility index (Phi) is 13.0. The van der Waals surface area contributed by atoms with Crippen LogP contribution in [0, 0.1) is 5.92 Å². The number of hydrogen-bond acceptors (Lipinski definition) is 0. The Bertz CT molecular complexity index is 182. The Morgan fingerprint density at radius 1 is 1.06 bits per heavy atom. The molecule has 0 aliphatic heterocycles. The molecule has 1 heteroatoms. The van der Waals surface area contributed by atoms with Gasteiger partial charge in [0.2, 0.25) is 0 Å². The second kappa shape index (κ2) is 13.0. The lowest BCUT2D eigenvalue weighted by atomic mass is 10.1. The molecule has 0 saturated carbocycles. The van der Waals surface area contributed by atoms with E-state index in [1.165, 1.54) is 44.9 Å². The van der Waals surface area contributed by atoms with E-state index in [2.05, 4.69) is 54.1 Å². The highest BCUT2D eigenvalue weighted by atomic mass is 79.9. The molecule has 94 valence electrons. The van der Waals surface area contributed by atoms with Gasteiger partial charge in [-0.3, -0.25) is 0 Å². The van der Waals surface area contributed by atoms with Gasteiger partial charge in [-0.2, -0.15) is 0 Å².